The van der Waals surface area contributed by atoms with Crippen LogP contribution in [0.4, 0.5) is 0 Å². The van der Waals surface area contributed by atoms with E-state index in [2.05, 4.69) is 22.6 Å². The third-order valence-corrected chi connectivity index (χ3v) is 7.25. The normalized spacial score (nSPS) is 17.6. The van der Waals surface area contributed by atoms with E-state index in [0.717, 1.165) is 5.56 Å². The summed E-state index contributed by atoms with van der Waals surface area (Å²) in [6.45, 7) is 0.188. The summed E-state index contributed by atoms with van der Waals surface area (Å²) in [6, 6.07) is 8.75. The summed E-state index contributed by atoms with van der Waals surface area (Å²) in [5, 5.41) is 1.02. The van der Waals surface area contributed by atoms with E-state index in [1.807, 2.05) is 6.07 Å². The number of carbonyl (C=O) groups is 2. The first-order valence-corrected chi connectivity index (χ1v) is 12.5. The smallest absolute Gasteiger partial charge is 0.340 e. The minimum absolute atomic E-state index is 0.0676. The van der Waals surface area contributed by atoms with E-state index in [1.165, 1.54) is 14.2 Å². The van der Waals surface area contributed by atoms with Gasteiger partial charge in [0.1, 0.15) is 17.9 Å². The van der Waals surface area contributed by atoms with E-state index in [1.54, 1.807) is 24.3 Å². The molecule has 1 heterocycles. The molecule has 1 aliphatic carbocycles. The number of methoxy groups -OCH3 is 2. The number of esters is 1. The molecular formula is C25H22Cl2INO6. The van der Waals surface area contributed by atoms with Crippen LogP contribution >= 0.6 is 45.8 Å². The number of nitrogens with two attached hydrogens (primary N) is 1. The number of carbonyl (C=O) groups excluding carboxylic acids is 2. The van der Waals surface area contributed by atoms with Crippen molar-refractivity contribution in [2.24, 2.45) is 5.73 Å². The van der Waals surface area contributed by atoms with Crippen molar-refractivity contribution in [3.05, 3.63) is 77.9 Å². The molecular weight excluding hydrogens is 608 g/mol. The van der Waals surface area contributed by atoms with Gasteiger partial charge in [-0.3, -0.25) is 4.79 Å². The fraction of sp³-hybridized carbons (Fsp3) is 0.280. The SMILES string of the molecule is COC(=O)C1=C(N)OC2=C(C(=O)CCC2)[C@@H]1c1cc(I)c(OCc2ccc(Cl)cc2Cl)c(OC)c1. The van der Waals surface area contributed by atoms with E-state index in [-0.39, 0.29) is 23.8 Å². The average molecular weight is 630 g/mol. The largest absolute Gasteiger partial charge is 0.493 e. The average Bonchev–Trinajstić information content (AvgIpc) is 2.82. The van der Waals surface area contributed by atoms with Crippen molar-refractivity contribution in [3.8, 4) is 11.5 Å². The minimum Gasteiger partial charge on any atom is -0.493 e. The second kappa shape index (κ2) is 10.7. The number of hydrogen-bond acceptors (Lipinski definition) is 7. The van der Waals surface area contributed by atoms with Gasteiger partial charge in [-0.2, -0.15) is 0 Å². The highest BCUT2D eigenvalue weighted by Crippen LogP contribution is 2.46. The fourth-order valence-corrected chi connectivity index (χ4v) is 5.48. The number of ether oxygens (including phenoxy) is 4. The zero-order valence-corrected chi connectivity index (χ0v) is 22.6. The Kier molecular flexibility index (Phi) is 7.83. The van der Waals surface area contributed by atoms with Gasteiger partial charge < -0.3 is 24.7 Å². The highest BCUT2D eigenvalue weighted by Gasteiger charge is 2.41. The molecule has 0 amide bonds. The predicted octanol–water partition coefficient (Wildman–Crippen LogP) is 5.65. The van der Waals surface area contributed by atoms with Crippen LogP contribution in [-0.4, -0.2) is 26.0 Å². The van der Waals surface area contributed by atoms with E-state index < -0.39 is 11.9 Å². The number of Topliss-reactive ketones (excluding diaryl/α,β-unsaturated/α-hetero) is 1. The summed E-state index contributed by atoms with van der Waals surface area (Å²) in [5.41, 5.74) is 8.04. The molecule has 2 aromatic rings. The van der Waals surface area contributed by atoms with Crippen LogP contribution in [0.25, 0.3) is 0 Å². The highest BCUT2D eigenvalue weighted by molar-refractivity contribution is 14.1. The maximum absolute atomic E-state index is 13.0. The summed E-state index contributed by atoms with van der Waals surface area (Å²) >= 11 is 14.4. The molecule has 0 bridgehead atoms. The van der Waals surface area contributed by atoms with Crippen LogP contribution in [0, 0.1) is 3.57 Å². The Morgan fingerprint density at radius 1 is 1.20 bits per heavy atom. The standard InChI is InChI=1S/C25H22Cl2INO6/c1-32-19-9-13(8-16(28)23(19)34-11-12-6-7-14(26)10-15(12)27)20-21-17(30)4-3-5-18(21)35-24(29)22(20)25(31)33-2/h6-10,20H,3-5,11,29H2,1-2H3/t20-/m0/s1. The Morgan fingerprint density at radius 3 is 2.66 bits per heavy atom. The van der Waals surface area contributed by atoms with Crippen molar-refractivity contribution < 1.29 is 28.5 Å². The van der Waals surface area contributed by atoms with Crippen molar-refractivity contribution >= 4 is 57.5 Å². The van der Waals surface area contributed by atoms with Gasteiger partial charge in [0, 0.05) is 34.0 Å². The first kappa shape index (κ1) is 25.7. The first-order chi connectivity index (χ1) is 16.7. The molecule has 0 fully saturated rings. The van der Waals surface area contributed by atoms with Gasteiger partial charge in [-0.25, -0.2) is 4.79 Å². The lowest BCUT2D eigenvalue weighted by atomic mass is 9.77. The molecule has 0 aromatic heterocycles. The van der Waals surface area contributed by atoms with E-state index >= 15 is 0 Å². The summed E-state index contributed by atoms with van der Waals surface area (Å²) in [4.78, 5) is 25.7. The predicted molar refractivity (Wildman–Crippen MR) is 139 cm³/mol. The number of benzene rings is 2. The second-order valence-electron chi connectivity index (χ2n) is 7.98. The van der Waals surface area contributed by atoms with E-state index in [0.29, 0.717) is 61.3 Å². The Morgan fingerprint density at radius 2 is 1.97 bits per heavy atom. The Balaban J connectivity index is 1.76. The monoisotopic (exact) mass is 629 g/mol. The van der Waals surface area contributed by atoms with Crippen LogP contribution in [0.1, 0.15) is 36.3 Å². The first-order valence-electron chi connectivity index (χ1n) is 10.7. The van der Waals surface area contributed by atoms with Crippen LogP contribution in [0.5, 0.6) is 11.5 Å². The molecule has 7 nitrogen and oxygen atoms in total. The lowest BCUT2D eigenvalue weighted by Gasteiger charge is -2.32. The molecule has 1 aliphatic heterocycles. The molecule has 0 spiro atoms. The Hall–Kier alpha value is -2.43. The minimum atomic E-state index is -0.749. The van der Waals surface area contributed by atoms with Crippen LogP contribution in [0.2, 0.25) is 10.0 Å². The third kappa shape index (κ3) is 5.10. The number of hydrogen-bond donors (Lipinski definition) is 1. The fourth-order valence-electron chi connectivity index (χ4n) is 4.23. The van der Waals surface area contributed by atoms with Gasteiger partial charge in [0.25, 0.3) is 0 Å². The summed E-state index contributed by atoms with van der Waals surface area (Å²) < 4.78 is 23.1. The van der Waals surface area contributed by atoms with Gasteiger partial charge in [-0.1, -0.05) is 29.3 Å². The zero-order valence-electron chi connectivity index (χ0n) is 19.0. The summed E-state index contributed by atoms with van der Waals surface area (Å²) in [7, 11) is 2.78. The van der Waals surface area contributed by atoms with Crippen molar-refractivity contribution in [2.75, 3.05) is 14.2 Å². The van der Waals surface area contributed by atoms with Crippen LogP contribution < -0.4 is 15.2 Å². The van der Waals surface area contributed by atoms with E-state index in [4.69, 9.17) is 47.9 Å². The van der Waals surface area contributed by atoms with Crippen LogP contribution in [0.3, 0.4) is 0 Å². The highest BCUT2D eigenvalue weighted by atomic mass is 127. The Bertz CT molecular complexity index is 1270. The molecule has 2 N–H and O–H groups in total. The van der Waals surface area contributed by atoms with Gasteiger partial charge in [0.15, 0.2) is 17.3 Å². The molecule has 10 heteroatoms. The molecule has 2 aromatic carbocycles. The van der Waals surface area contributed by atoms with Crippen molar-refractivity contribution in [1.29, 1.82) is 0 Å². The number of allylic oxidation sites excluding steroid dienone is 2. The number of ketones is 1. The molecule has 0 saturated heterocycles. The van der Waals surface area contributed by atoms with Crippen molar-refractivity contribution in [3.63, 3.8) is 0 Å². The third-order valence-electron chi connectivity index (χ3n) is 5.86. The lowest BCUT2D eigenvalue weighted by Crippen LogP contribution is -2.31. The Labute approximate surface area is 226 Å². The van der Waals surface area contributed by atoms with Gasteiger partial charge in [-0.05, 0) is 58.8 Å². The molecule has 0 saturated carbocycles. The molecule has 1 atom stereocenters. The van der Waals surface area contributed by atoms with E-state index in [9.17, 15) is 9.59 Å². The maximum Gasteiger partial charge on any atom is 0.340 e. The quantitative estimate of drug-likeness (QED) is 0.326. The lowest BCUT2D eigenvalue weighted by molar-refractivity contribution is -0.136. The van der Waals surface area contributed by atoms with Gasteiger partial charge >= 0.3 is 5.97 Å². The molecule has 0 radical (unpaired) electrons. The zero-order chi connectivity index (χ0) is 25.3. The summed E-state index contributed by atoms with van der Waals surface area (Å²) in [6.07, 6.45) is 1.58. The van der Waals surface area contributed by atoms with Crippen LogP contribution in [-0.2, 0) is 25.7 Å². The molecule has 35 heavy (non-hydrogen) atoms. The summed E-state index contributed by atoms with van der Waals surface area (Å²) in [5.74, 6) is -0.153. The van der Waals surface area contributed by atoms with Crippen molar-refractivity contribution in [2.45, 2.75) is 31.8 Å². The molecule has 0 unspecified atom stereocenters. The molecule has 184 valence electrons. The topological polar surface area (TPSA) is 97.1 Å². The van der Waals surface area contributed by atoms with Crippen LogP contribution in [0.15, 0.2) is 53.1 Å². The number of halogens is 3. The van der Waals surface area contributed by atoms with Crippen molar-refractivity contribution in [1.82, 2.24) is 0 Å². The maximum atomic E-state index is 13.0. The second-order valence-corrected chi connectivity index (χ2v) is 9.98. The number of rotatable bonds is 6. The molecule has 4 rings (SSSR count). The van der Waals surface area contributed by atoms with Gasteiger partial charge in [0.05, 0.1) is 23.7 Å². The van der Waals surface area contributed by atoms with Gasteiger partial charge in [0.2, 0.25) is 5.88 Å². The molecule has 2 aliphatic rings. The van der Waals surface area contributed by atoms with Gasteiger partial charge in [-0.15, -0.1) is 0 Å².